The Hall–Kier alpha value is -2.35. The van der Waals surface area contributed by atoms with E-state index in [1.54, 1.807) is 19.1 Å². The summed E-state index contributed by atoms with van der Waals surface area (Å²) in [5, 5.41) is 4.97. The van der Waals surface area contributed by atoms with Crippen LogP contribution in [-0.4, -0.2) is 31.6 Å². The Morgan fingerprint density at radius 2 is 2.05 bits per heavy atom. The molecule has 0 unspecified atom stereocenters. The molecule has 0 bridgehead atoms. The van der Waals surface area contributed by atoms with Crippen LogP contribution >= 0.6 is 15.9 Å². The third-order valence-electron chi connectivity index (χ3n) is 2.90. The quantitative estimate of drug-likeness (QED) is 0.808. The molecule has 1 aromatic heterocycles. The summed E-state index contributed by atoms with van der Waals surface area (Å²) in [5.74, 6) is -1.47. The summed E-state index contributed by atoms with van der Waals surface area (Å²) < 4.78 is 11.1. The monoisotopic (exact) mass is 368 g/mol. The Labute approximate surface area is 134 Å². The molecule has 2 aromatic rings. The van der Waals surface area contributed by atoms with Gasteiger partial charge in [-0.3, -0.25) is 10.1 Å². The van der Waals surface area contributed by atoms with Crippen molar-refractivity contribution in [2.24, 2.45) is 0 Å². The highest BCUT2D eigenvalue weighted by Crippen LogP contribution is 2.28. The van der Waals surface area contributed by atoms with Gasteiger partial charge in [0.2, 0.25) is 5.76 Å². The fraction of sp³-hybridized carbons (Fsp3) is 0.214. The second-order valence-corrected chi connectivity index (χ2v) is 5.32. The summed E-state index contributed by atoms with van der Waals surface area (Å²) in [6.45, 7) is 1.14. The molecule has 22 heavy (non-hydrogen) atoms. The van der Waals surface area contributed by atoms with Gasteiger partial charge in [-0.05, 0) is 25.1 Å². The van der Waals surface area contributed by atoms with Crippen molar-refractivity contribution in [2.75, 3.05) is 13.7 Å². The van der Waals surface area contributed by atoms with Crippen LogP contribution in [0.25, 0.3) is 11.0 Å². The van der Waals surface area contributed by atoms with Gasteiger partial charge in [0.05, 0.1) is 0 Å². The predicted molar refractivity (Wildman–Crippen MR) is 81.5 cm³/mol. The number of hydrogen-bond donors (Lipinski definition) is 2. The molecular formula is C14H13BrN2O5. The Kier molecular flexibility index (Phi) is 4.81. The van der Waals surface area contributed by atoms with Crippen LogP contribution in [0, 0.1) is 6.92 Å². The van der Waals surface area contributed by atoms with Gasteiger partial charge in [-0.25, -0.2) is 9.59 Å². The summed E-state index contributed by atoms with van der Waals surface area (Å²) >= 11 is 3.34. The van der Waals surface area contributed by atoms with Crippen molar-refractivity contribution in [1.29, 1.82) is 0 Å². The number of aryl methyl sites for hydroxylation is 1. The van der Waals surface area contributed by atoms with Crippen LogP contribution in [0.5, 0.6) is 0 Å². The topological polar surface area (TPSA) is 97.6 Å². The molecule has 2 rings (SSSR count). The zero-order valence-corrected chi connectivity index (χ0v) is 13.4. The molecule has 0 fully saturated rings. The zero-order chi connectivity index (χ0) is 16.3. The van der Waals surface area contributed by atoms with Crippen molar-refractivity contribution in [3.8, 4) is 0 Å². The largest absolute Gasteiger partial charge is 0.450 e. The molecule has 0 aliphatic heterocycles. The average Bonchev–Trinajstić information content (AvgIpc) is 2.81. The number of esters is 1. The Balaban J connectivity index is 2.08. The maximum absolute atomic E-state index is 12.0. The molecule has 0 saturated carbocycles. The minimum absolute atomic E-state index is 0.0286. The molecule has 8 heteroatoms. The molecule has 1 aromatic carbocycles. The minimum Gasteiger partial charge on any atom is -0.450 e. The van der Waals surface area contributed by atoms with Crippen LogP contribution in [0.15, 0.2) is 27.1 Å². The smallest absolute Gasteiger partial charge is 0.375 e. The van der Waals surface area contributed by atoms with Crippen LogP contribution in [0.4, 0.5) is 4.79 Å². The number of carbonyl (C=O) groups excluding carboxylic acids is 3. The van der Waals surface area contributed by atoms with Crippen LogP contribution in [0.1, 0.15) is 16.1 Å². The van der Waals surface area contributed by atoms with E-state index in [0.717, 1.165) is 9.86 Å². The molecule has 3 amide bonds. The molecule has 0 spiro atoms. The number of halogens is 1. The molecule has 0 aliphatic rings. The van der Waals surface area contributed by atoms with E-state index < -0.39 is 24.5 Å². The summed E-state index contributed by atoms with van der Waals surface area (Å²) in [6.07, 6.45) is 0. The van der Waals surface area contributed by atoms with Crippen molar-refractivity contribution in [3.05, 3.63) is 34.0 Å². The van der Waals surface area contributed by atoms with E-state index in [0.29, 0.717) is 11.1 Å². The normalized spacial score (nSPS) is 10.3. The van der Waals surface area contributed by atoms with Gasteiger partial charge in [-0.1, -0.05) is 15.9 Å². The van der Waals surface area contributed by atoms with Gasteiger partial charge in [0.15, 0.2) is 6.61 Å². The van der Waals surface area contributed by atoms with Gasteiger partial charge in [0.1, 0.15) is 5.58 Å². The summed E-state index contributed by atoms with van der Waals surface area (Å²) in [7, 11) is 1.37. The third kappa shape index (κ3) is 3.45. The Morgan fingerprint density at radius 3 is 2.73 bits per heavy atom. The molecule has 0 atom stereocenters. The summed E-state index contributed by atoms with van der Waals surface area (Å²) in [4.78, 5) is 34.3. The Morgan fingerprint density at radius 1 is 1.32 bits per heavy atom. The number of nitrogens with one attached hydrogen (secondary N) is 2. The SMILES string of the molecule is CNC(=O)NC(=O)COC(=O)c1oc2ccc(Br)cc2c1C. The maximum atomic E-state index is 12.0. The Bertz CT molecular complexity index is 753. The van der Waals surface area contributed by atoms with E-state index in [4.69, 9.17) is 9.15 Å². The standard InChI is InChI=1S/C14H13BrN2O5/c1-7-9-5-8(15)3-4-10(9)22-12(7)13(19)21-6-11(18)17-14(20)16-2/h3-5H,6H2,1-2H3,(H2,16,17,18,20). The van der Waals surface area contributed by atoms with Crippen LogP contribution < -0.4 is 10.6 Å². The number of rotatable bonds is 3. The number of fused-ring (bicyclic) bond motifs is 1. The molecular weight excluding hydrogens is 356 g/mol. The van der Waals surface area contributed by atoms with E-state index in [2.05, 4.69) is 21.2 Å². The first kappa shape index (κ1) is 16.0. The first-order chi connectivity index (χ1) is 10.4. The number of imide groups is 1. The van der Waals surface area contributed by atoms with Crippen molar-refractivity contribution in [1.82, 2.24) is 10.6 Å². The number of carbonyl (C=O) groups is 3. The maximum Gasteiger partial charge on any atom is 0.375 e. The number of ether oxygens (including phenoxy) is 1. The molecule has 1 heterocycles. The minimum atomic E-state index is -0.767. The molecule has 0 aliphatic carbocycles. The lowest BCUT2D eigenvalue weighted by Crippen LogP contribution is -2.39. The highest BCUT2D eigenvalue weighted by Gasteiger charge is 2.20. The lowest BCUT2D eigenvalue weighted by atomic mass is 10.1. The van der Waals surface area contributed by atoms with Crippen molar-refractivity contribution >= 4 is 44.8 Å². The molecule has 0 saturated heterocycles. The molecule has 2 N–H and O–H groups in total. The lowest BCUT2D eigenvalue weighted by Gasteiger charge is -2.04. The lowest BCUT2D eigenvalue weighted by molar-refractivity contribution is -0.123. The number of urea groups is 1. The number of hydrogen-bond acceptors (Lipinski definition) is 5. The van der Waals surface area contributed by atoms with Crippen LogP contribution in [-0.2, 0) is 9.53 Å². The van der Waals surface area contributed by atoms with Gasteiger partial charge < -0.3 is 14.5 Å². The second-order valence-electron chi connectivity index (χ2n) is 4.40. The van der Waals surface area contributed by atoms with E-state index in [1.807, 2.05) is 11.4 Å². The highest BCUT2D eigenvalue weighted by atomic mass is 79.9. The average molecular weight is 369 g/mol. The first-order valence-electron chi connectivity index (χ1n) is 6.29. The number of amides is 3. The summed E-state index contributed by atoms with van der Waals surface area (Å²) in [6, 6.07) is 4.66. The highest BCUT2D eigenvalue weighted by molar-refractivity contribution is 9.10. The predicted octanol–water partition coefficient (Wildman–Crippen LogP) is 2.12. The summed E-state index contributed by atoms with van der Waals surface area (Å²) in [5.41, 5.74) is 1.16. The fourth-order valence-corrected chi connectivity index (χ4v) is 2.17. The van der Waals surface area contributed by atoms with Gasteiger partial charge >= 0.3 is 12.0 Å². The van der Waals surface area contributed by atoms with E-state index in [9.17, 15) is 14.4 Å². The van der Waals surface area contributed by atoms with Gasteiger partial charge in [-0.15, -0.1) is 0 Å². The van der Waals surface area contributed by atoms with Gasteiger partial charge in [0, 0.05) is 22.5 Å². The van der Waals surface area contributed by atoms with Crippen molar-refractivity contribution in [2.45, 2.75) is 6.92 Å². The van der Waals surface area contributed by atoms with Crippen molar-refractivity contribution in [3.63, 3.8) is 0 Å². The van der Waals surface area contributed by atoms with E-state index in [-0.39, 0.29) is 5.76 Å². The molecule has 116 valence electrons. The van der Waals surface area contributed by atoms with Gasteiger partial charge in [0.25, 0.3) is 5.91 Å². The number of furan rings is 1. The number of benzene rings is 1. The molecule has 7 nitrogen and oxygen atoms in total. The second kappa shape index (κ2) is 6.61. The van der Waals surface area contributed by atoms with Crippen LogP contribution in [0.3, 0.4) is 0 Å². The van der Waals surface area contributed by atoms with Gasteiger partial charge in [-0.2, -0.15) is 0 Å². The van der Waals surface area contributed by atoms with Crippen LogP contribution in [0.2, 0.25) is 0 Å². The third-order valence-corrected chi connectivity index (χ3v) is 3.39. The fourth-order valence-electron chi connectivity index (χ4n) is 1.81. The molecule has 0 radical (unpaired) electrons. The zero-order valence-electron chi connectivity index (χ0n) is 11.9. The first-order valence-corrected chi connectivity index (χ1v) is 7.09. The van der Waals surface area contributed by atoms with Crippen molar-refractivity contribution < 1.29 is 23.5 Å². The van der Waals surface area contributed by atoms with E-state index >= 15 is 0 Å². The van der Waals surface area contributed by atoms with E-state index in [1.165, 1.54) is 7.05 Å².